The third kappa shape index (κ3) is 3.05. The molecular formula is C11H16N2O4. The van der Waals surface area contributed by atoms with E-state index in [1.807, 2.05) is 0 Å². The lowest BCUT2D eigenvalue weighted by molar-refractivity contribution is -0.148. The fourth-order valence-corrected chi connectivity index (χ4v) is 1.25. The van der Waals surface area contributed by atoms with Crippen LogP contribution in [0.5, 0.6) is 0 Å². The van der Waals surface area contributed by atoms with Crippen LogP contribution in [-0.4, -0.2) is 40.0 Å². The van der Waals surface area contributed by atoms with Crippen molar-refractivity contribution in [3.05, 3.63) is 17.3 Å². The summed E-state index contributed by atoms with van der Waals surface area (Å²) >= 11 is 0. The fourth-order valence-electron chi connectivity index (χ4n) is 1.25. The Kier molecular flexibility index (Phi) is 3.88. The van der Waals surface area contributed by atoms with Crippen LogP contribution in [0.3, 0.4) is 0 Å². The molecule has 94 valence electrons. The second-order valence-corrected chi connectivity index (χ2v) is 3.94. The number of aliphatic carboxylic acids is 1. The van der Waals surface area contributed by atoms with Crippen molar-refractivity contribution in [3.63, 3.8) is 0 Å². The van der Waals surface area contributed by atoms with Crippen molar-refractivity contribution in [2.24, 2.45) is 0 Å². The minimum Gasteiger partial charge on any atom is -0.480 e. The lowest BCUT2D eigenvalue weighted by Gasteiger charge is -2.20. The number of amides is 1. The van der Waals surface area contributed by atoms with Crippen molar-refractivity contribution in [3.8, 4) is 0 Å². The molecule has 1 amide bonds. The summed E-state index contributed by atoms with van der Waals surface area (Å²) in [4.78, 5) is 27.7. The summed E-state index contributed by atoms with van der Waals surface area (Å²) in [6.07, 6.45) is -0.0250. The van der Waals surface area contributed by atoms with Crippen LogP contribution in [0.1, 0.15) is 24.3 Å². The molecule has 6 nitrogen and oxygen atoms in total. The number of nitrogens with zero attached hydrogens (tertiary/aromatic N) is 2. The minimum atomic E-state index is -1.04. The van der Waals surface area contributed by atoms with E-state index in [2.05, 4.69) is 4.98 Å². The Morgan fingerprint density at radius 2 is 2.06 bits per heavy atom. The molecule has 0 radical (unpaired) electrons. The van der Waals surface area contributed by atoms with Crippen LogP contribution in [0.25, 0.3) is 0 Å². The Balaban J connectivity index is 2.69. The number of carbonyl (C=O) groups excluding carboxylic acids is 1. The molecule has 0 spiro atoms. The molecule has 1 aromatic heterocycles. The lowest BCUT2D eigenvalue weighted by atomic mass is 10.2. The predicted octanol–water partition coefficient (Wildman–Crippen LogP) is 0.765. The van der Waals surface area contributed by atoms with E-state index in [-0.39, 0.29) is 12.3 Å². The lowest BCUT2D eigenvalue weighted by Crippen LogP contribution is -2.41. The maximum Gasteiger partial charge on any atom is 0.326 e. The summed E-state index contributed by atoms with van der Waals surface area (Å²) in [6.45, 7) is 5.00. The van der Waals surface area contributed by atoms with Gasteiger partial charge in [0.15, 0.2) is 0 Å². The average molecular weight is 240 g/mol. The number of carboxylic acid groups (broad SMARTS) is 1. The first-order valence-corrected chi connectivity index (χ1v) is 5.24. The molecule has 1 N–H and O–H groups in total. The molecule has 0 aromatic carbocycles. The predicted molar refractivity (Wildman–Crippen MR) is 59.5 cm³/mol. The van der Waals surface area contributed by atoms with Crippen molar-refractivity contribution in [2.45, 2.75) is 33.2 Å². The Morgan fingerprint density at radius 3 is 2.47 bits per heavy atom. The minimum absolute atomic E-state index is 0.0250. The van der Waals surface area contributed by atoms with Gasteiger partial charge in [0.25, 0.3) is 0 Å². The third-order valence-electron chi connectivity index (χ3n) is 2.71. The first-order chi connectivity index (χ1) is 7.82. The van der Waals surface area contributed by atoms with Gasteiger partial charge in [-0.3, -0.25) is 4.79 Å². The highest BCUT2D eigenvalue weighted by Crippen LogP contribution is 2.10. The van der Waals surface area contributed by atoms with Gasteiger partial charge >= 0.3 is 5.97 Å². The van der Waals surface area contributed by atoms with Crippen molar-refractivity contribution in [2.75, 3.05) is 7.05 Å². The highest BCUT2D eigenvalue weighted by atomic mass is 16.4. The van der Waals surface area contributed by atoms with E-state index in [4.69, 9.17) is 9.52 Å². The van der Waals surface area contributed by atoms with Gasteiger partial charge in [-0.1, -0.05) is 0 Å². The van der Waals surface area contributed by atoms with Crippen molar-refractivity contribution >= 4 is 11.9 Å². The van der Waals surface area contributed by atoms with E-state index >= 15 is 0 Å². The quantitative estimate of drug-likeness (QED) is 0.840. The number of rotatable bonds is 4. The van der Waals surface area contributed by atoms with Crippen LogP contribution in [-0.2, 0) is 16.0 Å². The largest absolute Gasteiger partial charge is 0.480 e. The Hall–Kier alpha value is -1.85. The first-order valence-electron chi connectivity index (χ1n) is 5.24. The van der Waals surface area contributed by atoms with Gasteiger partial charge < -0.3 is 14.4 Å². The number of oxazole rings is 1. The standard InChI is InChI=1S/C11H16N2O4/c1-6-8(3)17-9(12-6)5-10(14)13(4)7(2)11(15)16/h7H,5H2,1-4H3,(H,15,16). The molecule has 6 heteroatoms. The zero-order chi connectivity index (χ0) is 13.2. The molecule has 17 heavy (non-hydrogen) atoms. The van der Waals surface area contributed by atoms with Gasteiger partial charge in [0.2, 0.25) is 11.8 Å². The zero-order valence-corrected chi connectivity index (χ0v) is 10.4. The van der Waals surface area contributed by atoms with Crippen LogP contribution < -0.4 is 0 Å². The van der Waals surface area contributed by atoms with Gasteiger partial charge in [-0.15, -0.1) is 0 Å². The number of hydrogen-bond acceptors (Lipinski definition) is 4. The molecule has 0 saturated heterocycles. The molecular weight excluding hydrogens is 224 g/mol. The smallest absolute Gasteiger partial charge is 0.326 e. The summed E-state index contributed by atoms with van der Waals surface area (Å²) in [5, 5.41) is 8.78. The Morgan fingerprint density at radius 1 is 1.47 bits per heavy atom. The topological polar surface area (TPSA) is 83.6 Å². The summed E-state index contributed by atoms with van der Waals surface area (Å²) in [5.41, 5.74) is 0.738. The summed E-state index contributed by atoms with van der Waals surface area (Å²) in [7, 11) is 1.45. The van der Waals surface area contributed by atoms with Crippen LogP contribution in [0.2, 0.25) is 0 Å². The number of likely N-dealkylation sites (N-methyl/N-ethyl adjacent to an activating group) is 1. The van der Waals surface area contributed by atoms with E-state index in [9.17, 15) is 9.59 Å². The monoisotopic (exact) mass is 240 g/mol. The van der Waals surface area contributed by atoms with Crippen LogP contribution in [0.15, 0.2) is 4.42 Å². The molecule has 0 saturated carbocycles. The SMILES string of the molecule is Cc1nc(CC(=O)N(C)C(C)C(=O)O)oc1C. The maximum absolute atomic E-state index is 11.7. The van der Waals surface area contributed by atoms with Gasteiger partial charge in [-0.2, -0.15) is 0 Å². The van der Waals surface area contributed by atoms with Gasteiger partial charge in [-0.05, 0) is 20.8 Å². The van der Waals surface area contributed by atoms with Gasteiger partial charge in [0, 0.05) is 7.05 Å². The van der Waals surface area contributed by atoms with Gasteiger partial charge in [0.1, 0.15) is 18.2 Å². The van der Waals surface area contributed by atoms with Crippen molar-refractivity contribution in [1.29, 1.82) is 0 Å². The van der Waals surface area contributed by atoms with Crippen molar-refractivity contribution in [1.82, 2.24) is 9.88 Å². The number of aryl methyl sites for hydroxylation is 2. The fraction of sp³-hybridized carbons (Fsp3) is 0.545. The molecule has 1 rings (SSSR count). The van der Waals surface area contributed by atoms with Crippen LogP contribution >= 0.6 is 0 Å². The summed E-state index contributed by atoms with van der Waals surface area (Å²) in [6, 6.07) is -0.861. The van der Waals surface area contributed by atoms with E-state index < -0.39 is 12.0 Å². The normalized spacial score (nSPS) is 12.2. The summed E-state index contributed by atoms with van der Waals surface area (Å²) < 4.78 is 5.27. The molecule has 1 atom stereocenters. The molecule has 0 bridgehead atoms. The van der Waals surface area contributed by atoms with Crippen LogP contribution in [0, 0.1) is 13.8 Å². The first kappa shape index (κ1) is 13.2. The zero-order valence-electron chi connectivity index (χ0n) is 10.4. The second kappa shape index (κ2) is 4.99. The Bertz CT molecular complexity index is 419. The highest BCUT2D eigenvalue weighted by Gasteiger charge is 2.23. The summed E-state index contributed by atoms with van der Waals surface area (Å²) in [5.74, 6) is -0.391. The molecule has 1 aromatic rings. The van der Waals surface area contributed by atoms with E-state index in [0.29, 0.717) is 11.7 Å². The molecule has 0 aliphatic rings. The third-order valence-corrected chi connectivity index (χ3v) is 2.71. The van der Waals surface area contributed by atoms with Gasteiger partial charge in [0.05, 0.1) is 5.69 Å². The van der Waals surface area contributed by atoms with E-state index in [0.717, 1.165) is 10.6 Å². The maximum atomic E-state index is 11.7. The molecule has 0 aliphatic carbocycles. The second-order valence-electron chi connectivity index (χ2n) is 3.94. The number of carbonyl (C=O) groups is 2. The molecule has 0 fully saturated rings. The molecule has 1 heterocycles. The highest BCUT2D eigenvalue weighted by molar-refractivity contribution is 5.83. The van der Waals surface area contributed by atoms with Gasteiger partial charge in [-0.25, -0.2) is 9.78 Å². The van der Waals surface area contributed by atoms with E-state index in [1.165, 1.54) is 14.0 Å². The number of aromatic nitrogens is 1. The molecule has 0 aliphatic heterocycles. The van der Waals surface area contributed by atoms with E-state index in [1.54, 1.807) is 13.8 Å². The average Bonchev–Trinajstić information content (AvgIpc) is 2.55. The van der Waals surface area contributed by atoms with Crippen LogP contribution in [0.4, 0.5) is 0 Å². The Labute approximate surface area is 99.2 Å². The number of hydrogen-bond donors (Lipinski definition) is 1. The number of carboxylic acids is 1. The van der Waals surface area contributed by atoms with Crippen molar-refractivity contribution < 1.29 is 19.1 Å². The molecule has 1 unspecified atom stereocenters.